The Morgan fingerprint density at radius 3 is 2.36 bits per heavy atom. The molecule has 6 nitrogen and oxygen atoms in total. The highest BCUT2D eigenvalue weighted by molar-refractivity contribution is 7.91. The largest absolute Gasteiger partial charge is 0.303 e. The van der Waals surface area contributed by atoms with E-state index in [2.05, 4.69) is 9.80 Å². The lowest BCUT2D eigenvalue weighted by atomic mass is 9.98. The molecule has 0 unspecified atom stereocenters. The molecule has 5 rings (SSSR count). The number of halogens is 1. The van der Waals surface area contributed by atoms with Crippen LogP contribution in [0.1, 0.15) is 41.6 Å². The number of fused-ring (bicyclic) bond motifs is 1. The van der Waals surface area contributed by atoms with E-state index in [1.165, 1.54) is 25.0 Å². The van der Waals surface area contributed by atoms with Gasteiger partial charge in [0.15, 0.2) is 15.6 Å². The summed E-state index contributed by atoms with van der Waals surface area (Å²) in [4.78, 5) is 22.5. The summed E-state index contributed by atoms with van der Waals surface area (Å²) in [6.07, 6.45) is 3.67. The summed E-state index contributed by atoms with van der Waals surface area (Å²) in [6.45, 7) is 4.93. The second-order valence-corrected chi connectivity index (χ2v) is 12.2. The number of likely N-dealkylation sites (tertiary alicyclic amines) is 1. The average Bonchev–Trinajstić information content (AvgIpc) is 3.39. The minimum atomic E-state index is -2.90. The zero-order chi connectivity index (χ0) is 25.1. The van der Waals surface area contributed by atoms with Gasteiger partial charge >= 0.3 is 0 Å². The Bertz CT molecular complexity index is 1340. The molecule has 0 amide bonds. The van der Waals surface area contributed by atoms with E-state index in [0.29, 0.717) is 48.2 Å². The van der Waals surface area contributed by atoms with Crippen molar-refractivity contribution in [3.63, 3.8) is 0 Å². The Labute approximate surface area is 212 Å². The Morgan fingerprint density at radius 2 is 1.64 bits per heavy atom. The maximum atomic E-state index is 14.1. The predicted octanol–water partition coefficient (Wildman–Crippen LogP) is 4.33. The summed E-state index contributed by atoms with van der Waals surface area (Å²) in [6, 6.07) is 14.2. The van der Waals surface area contributed by atoms with E-state index in [4.69, 9.17) is 4.98 Å². The highest BCUT2D eigenvalue weighted by Crippen LogP contribution is 2.27. The maximum Gasteiger partial charge on any atom is 0.163 e. The standard InChI is InChI=1S/C28H32FN3O3S/c29-23-9-10-26-24(18-23)25(28(33)4-3-13-31-11-1-2-12-31)19-27(30-26)22-7-5-21(6-8-22)20-32-14-16-36(34,35)17-15-32/h5-10,18-19H,1-4,11-17,20H2. The molecular weight excluding hydrogens is 477 g/mol. The Kier molecular flexibility index (Phi) is 7.46. The summed E-state index contributed by atoms with van der Waals surface area (Å²) in [5.41, 5.74) is 3.80. The molecule has 36 heavy (non-hydrogen) atoms. The molecule has 2 saturated heterocycles. The third kappa shape index (κ3) is 5.99. The Morgan fingerprint density at radius 1 is 0.917 bits per heavy atom. The molecule has 0 N–H and O–H groups in total. The highest BCUT2D eigenvalue weighted by atomic mass is 32.2. The van der Waals surface area contributed by atoms with Gasteiger partial charge in [-0.1, -0.05) is 24.3 Å². The molecule has 2 aliphatic rings. The van der Waals surface area contributed by atoms with Crippen molar-refractivity contribution in [3.8, 4) is 11.3 Å². The molecular formula is C28H32FN3O3S. The van der Waals surface area contributed by atoms with E-state index in [1.54, 1.807) is 12.1 Å². The van der Waals surface area contributed by atoms with Gasteiger partial charge in [-0.15, -0.1) is 0 Å². The number of aromatic nitrogens is 1. The first-order valence-electron chi connectivity index (χ1n) is 12.7. The third-order valence-electron chi connectivity index (χ3n) is 7.24. The number of pyridine rings is 1. The SMILES string of the molecule is O=C(CCCN1CCCC1)c1cc(-c2ccc(CN3CCS(=O)(=O)CC3)cc2)nc2ccc(F)cc12. The summed E-state index contributed by atoms with van der Waals surface area (Å²) in [5.74, 6) is 0.0615. The number of ketones is 1. The molecule has 2 fully saturated rings. The van der Waals surface area contributed by atoms with Crippen LogP contribution in [-0.4, -0.2) is 73.2 Å². The monoisotopic (exact) mass is 509 g/mol. The van der Waals surface area contributed by atoms with Crippen LogP contribution in [0.4, 0.5) is 4.39 Å². The van der Waals surface area contributed by atoms with Crippen LogP contribution in [0.5, 0.6) is 0 Å². The van der Waals surface area contributed by atoms with Gasteiger partial charge in [0, 0.05) is 42.6 Å². The summed E-state index contributed by atoms with van der Waals surface area (Å²) < 4.78 is 37.4. The molecule has 0 aliphatic carbocycles. The number of Topliss-reactive ketones (excluding diaryl/α,β-unsaturated/α-hetero) is 1. The second-order valence-electron chi connectivity index (χ2n) is 9.92. The first-order chi connectivity index (χ1) is 17.4. The fourth-order valence-corrected chi connectivity index (χ4v) is 6.41. The van der Waals surface area contributed by atoms with E-state index in [1.807, 2.05) is 24.3 Å². The van der Waals surface area contributed by atoms with Gasteiger partial charge in [-0.2, -0.15) is 0 Å². The number of carbonyl (C=O) groups is 1. The minimum Gasteiger partial charge on any atom is -0.303 e. The Hall–Kier alpha value is -2.68. The summed E-state index contributed by atoms with van der Waals surface area (Å²) in [5, 5.41) is 0.557. The van der Waals surface area contributed by atoms with Gasteiger partial charge in [-0.25, -0.2) is 17.8 Å². The molecule has 0 bridgehead atoms. The molecule has 0 saturated carbocycles. The van der Waals surface area contributed by atoms with Crippen LogP contribution in [0.2, 0.25) is 0 Å². The van der Waals surface area contributed by atoms with Gasteiger partial charge in [0.1, 0.15) is 5.82 Å². The van der Waals surface area contributed by atoms with Crippen LogP contribution < -0.4 is 0 Å². The van der Waals surface area contributed by atoms with Gasteiger partial charge in [0.2, 0.25) is 0 Å². The first kappa shape index (κ1) is 25.0. The third-order valence-corrected chi connectivity index (χ3v) is 8.85. The molecule has 0 spiro atoms. The molecule has 1 aromatic heterocycles. The zero-order valence-electron chi connectivity index (χ0n) is 20.5. The lowest BCUT2D eigenvalue weighted by Gasteiger charge is -2.26. The van der Waals surface area contributed by atoms with Crippen LogP contribution in [0.3, 0.4) is 0 Å². The van der Waals surface area contributed by atoms with Crippen LogP contribution >= 0.6 is 0 Å². The minimum absolute atomic E-state index is 0.0186. The number of benzene rings is 2. The van der Waals surface area contributed by atoms with E-state index in [-0.39, 0.29) is 23.1 Å². The number of hydrogen-bond acceptors (Lipinski definition) is 6. The molecule has 8 heteroatoms. The van der Waals surface area contributed by atoms with Crippen molar-refractivity contribution in [3.05, 3.63) is 65.5 Å². The fourth-order valence-electron chi connectivity index (χ4n) is 5.13. The van der Waals surface area contributed by atoms with E-state index < -0.39 is 9.84 Å². The van der Waals surface area contributed by atoms with Crippen molar-refractivity contribution in [1.82, 2.24) is 14.8 Å². The van der Waals surface area contributed by atoms with Crippen molar-refractivity contribution in [2.24, 2.45) is 0 Å². The van der Waals surface area contributed by atoms with Crippen LogP contribution in [0, 0.1) is 5.82 Å². The molecule has 2 aliphatic heterocycles. The summed E-state index contributed by atoms with van der Waals surface area (Å²) >= 11 is 0. The van der Waals surface area contributed by atoms with Crippen molar-refractivity contribution in [2.75, 3.05) is 44.2 Å². The van der Waals surface area contributed by atoms with Crippen LogP contribution in [-0.2, 0) is 16.4 Å². The number of sulfone groups is 1. The number of hydrogen-bond donors (Lipinski definition) is 0. The van der Waals surface area contributed by atoms with Gasteiger partial charge in [0.25, 0.3) is 0 Å². The molecule has 0 radical (unpaired) electrons. The number of rotatable bonds is 8. The van der Waals surface area contributed by atoms with Gasteiger partial charge in [-0.05, 0) is 68.7 Å². The van der Waals surface area contributed by atoms with Crippen LogP contribution in [0.15, 0.2) is 48.5 Å². The van der Waals surface area contributed by atoms with Crippen molar-refractivity contribution < 1.29 is 17.6 Å². The van der Waals surface area contributed by atoms with E-state index in [0.717, 1.165) is 37.2 Å². The van der Waals surface area contributed by atoms with E-state index >= 15 is 0 Å². The predicted molar refractivity (Wildman–Crippen MR) is 140 cm³/mol. The Balaban J connectivity index is 1.34. The lowest BCUT2D eigenvalue weighted by molar-refractivity contribution is 0.0977. The van der Waals surface area contributed by atoms with Crippen LogP contribution in [0.25, 0.3) is 22.2 Å². The van der Waals surface area contributed by atoms with Gasteiger partial charge in [-0.3, -0.25) is 9.69 Å². The highest BCUT2D eigenvalue weighted by Gasteiger charge is 2.21. The van der Waals surface area contributed by atoms with E-state index in [9.17, 15) is 17.6 Å². The fraction of sp³-hybridized carbons (Fsp3) is 0.429. The van der Waals surface area contributed by atoms with Gasteiger partial charge in [0.05, 0.1) is 22.7 Å². The second kappa shape index (κ2) is 10.7. The molecule has 2 aromatic carbocycles. The zero-order valence-corrected chi connectivity index (χ0v) is 21.3. The molecule has 190 valence electrons. The average molecular weight is 510 g/mol. The number of carbonyl (C=O) groups excluding carboxylic acids is 1. The van der Waals surface area contributed by atoms with Crippen molar-refractivity contribution >= 4 is 26.5 Å². The normalized spacial score (nSPS) is 18.6. The van der Waals surface area contributed by atoms with Crippen molar-refractivity contribution in [2.45, 2.75) is 32.2 Å². The van der Waals surface area contributed by atoms with Gasteiger partial charge < -0.3 is 4.90 Å². The quantitative estimate of drug-likeness (QED) is 0.421. The number of nitrogens with zero attached hydrogens (tertiary/aromatic N) is 3. The molecule has 3 heterocycles. The summed E-state index contributed by atoms with van der Waals surface area (Å²) in [7, 11) is -2.90. The molecule has 3 aromatic rings. The lowest BCUT2D eigenvalue weighted by Crippen LogP contribution is -2.39. The topological polar surface area (TPSA) is 70.6 Å². The smallest absolute Gasteiger partial charge is 0.163 e. The molecule has 0 atom stereocenters. The van der Waals surface area contributed by atoms with Crippen molar-refractivity contribution in [1.29, 1.82) is 0 Å². The first-order valence-corrected chi connectivity index (χ1v) is 14.6. The maximum absolute atomic E-state index is 14.1.